The van der Waals surface area contributed by atoms with Crippen LogP contribution in [-0.2, 0) is 0 Å². The molecule has 2 rings (SSSR count). The van der Waals surface area contributed by atoms with Crippen molar-refractivity contribution in [3.8, 4) is 0 Å². The Hall–Kier alpha value is -1.61. The van der Waals surface area contributed by atoms with Crippen LogP contribution < -0.4 is 17.0 Å². The van der Waals surface area contributed by atoms with Crippen LogP contribution >= 0.6 is 27.7 Å². The molecule has 0 bridgehead atoms. The highest BCUT2D eigenvalue weighted by Gasteiger charge is 2.06. The van der Waals surface area contributed by atoms with Crippen LogP contribution in [0.15, 0.2) is 31.8 Å². The summed E-state index contributed by atoms with van der Waals surface area (Å²) in [7, 11) is 0. The number of halogens is 1. The fourth-order valence-electron chi connectivity index (χ4n) is 1.05. The molecule has 0 aliphatic rings. The first-order chi connectivity index (χ1) is 8.02. The van der Waals surface area contributed by atoms with Crippen LogP contribution in [0, 0.1) is 0 Å². The molecule has 0 saturated heterocycles. The molecule has 0 radical (unpaired) electrons. The summed E-state index contributed by atoms with van der Waals surface area (Å²) in [6, 6.07) is 2.76. The summed E-state index contributed by atoms with van der Waals surface area (Å²) in [5, 5.41) is 0.679. The minimum Gasteiger partial charge on any atom is -0.384 e. The first kappa shape index (κ1) is 11.9. The van der Waals surface area contributed by atoms with Crippen molar-refractivity contribution in [2.24, 2.45) is 0 Å². The highest BCUT2D eigenvalue weighted by Crippen LogP contribution is 2.23. The second kappa shape index (κ2) is 4.72. The molecule has 2 aromatic heterocycles. The average Bonchev–Trinajstić information content (AvgIpc) is 2.13. The van der Waals surface area contributed by atoms with Crippen molar-refractivity contribution in [1.82, 2.24) is 19.9 Å². The summed E-state index contributed by atoms with van der Waals surface area (Å²) < 4.78 is 0.554. The van der Waals surface area contributed by atoms with E-state index >= 15 is 0 Å². The summed E-state index contributed by atoms with van der Waals surface area (Å²) in [6.45, 7) is 0. The number of rotatable bonds is 2. The topological polar surface area (TPSA) is 124 Å². The van der Waals surface area contributed by atoms with Crippen LogP contribution in [0.4, 0.5) is 11.6 Å². The molecule has 5 N–H and O–H groups in total. The number of anilines is 2. The largest absolute Gasteiger partial charge is 0.384 e. The fourth-order valence-corrected chi connectivity index (χ4v) is 2.34. The minimum atomic E-state index is -0.331. The van der Waals surface area contributed by atoms with Gasteiger partial charge >= 0.3 is 0 Å². The lowest BCUT2D eigenvalue weighted by molar-refractivity contribution is 0.912. The van der Waals surface area contributed by atoms with E-state index in [1.165, 1.54) is 6.07 Å². The summed E-state index contributed by atoms with van der Waals surface area (Å²) in [5.74, 6) is 0.458. The number of nitrogen functional groups attached to an aromatic ring is 2. The Labute approximate surface area is 108 Å². The Morgan fingerprint density at radius 1 is 1.18 bits per heavy atom. The second-order valence-electron chi connectivity index (χ2n) is 2.98. The second-order valence-corrected chi connectivity index (χ2v) is 4.74. The fraction of sp³-hybridized carbons (Fsp3) is 0. The predicted octanol–water partition coefficient (Wildman–Crippen LogP) is 0.638. The Bertz CT molecular complexity index is 595. The van der Waals surface area contributed by atoms with Gasteiger partial charge in [-0.3, -0.25) is 4.79 Å². The monoisotopic (exact) mass is 314 g/mol. The van der Waals surface area contributed by atoms with Gasteiger partial charge in [0, 0.05) is 12.1 Å². The van der Waals surface area contributed by atoms with Gasteiger partial charge in [0.05, 0.1) is 0 Å². The van der Waals surface area contributed by atoms with E-state index in [2.05, 4.69) is 35.9 Å². The van der Waals surface area contributed by atoms with Crippen LogP contribution in [-0.4, -0.2) is 19.9 Å². The standard InChI is InChI=1S/C8H7BrN6OS/c9-3-1-4(10)13-7(12-3)17-8-14-5(11)2-6(16)15-8/h1-2H,(H2,10,12,13)(H3,11,14,15,16). The van der Waals surface area contributed by atoms with E-state index in [-0.39, 0.29) is 11.4 Å². The van der Waals surface area contributed by atoms with Gasteiger partial charge in [-0.1, -0.05) is 0 Å². The molecule has 2 aromatic rings. The highest BCUT2D eigenvalue weighted by molar-refractivity contribution is 9.10. The van der Waals surface area contributed by atoms with Crippen LogP contribution in [0.5, 0.6) is 0 Å². The smallest absolute Gasteiger partial charge is 0.253 e. The summed E-state index contributed by atoms with van der Waals surface area (Å²) in [4.78, 5) is 25.7. The van der Waals surface area contributed by atoms with Gasteiger partial charge in [-0.05, 0) is 27.7 Å². The number of aromatic amines is 1. The molecule has 9 heteroatoms. The van der Waals surface area contributed by atoms with Crippen molar-refractivity contribution in [3.63, 3.8) is 0 Å². The molecule has 0 saturated carbocycles. The zero-order chi connectivity index (χ0) is 12.4. The maximum absolute atomic E-state index is 11.2. The zero-order valence-corrected chi connectivity index (χ0v) is 10.7. The van der Waals surface area contributed by atoms with E-state index < -0.39 is 0 Å². The maximum Gasteiger partial charge on any atom is 0.253 e. The predicted molar refractivity (Wildman–Crippen MR) is 67.5 cm³/mol. The van der Waals surface area contributed by atoms with Gasteiger partial charge in [-0.15, -0.1) is 0 Å². The summed E-state index contributed by atoms with van der Waals surface area (Å²) in [5.41, 5.74) is 10.7. The van der Waals surface area contributed by atoms with Gasteiger partial charge in [-0.25, -0.2) is 15.0 Å². The van der Waals surface area contributed by atoms with Crippen molar-refractivity contribution in [2.45, 2.75) is 10.3 Å². The number of nitrogens with two attached hydrogens (primary N) is 2. The van der Waals surface area contributed by atoms with E-state index in [1.54, 1.807) is 6.07 Å². The van der Waals surface area contributed by atoms with E-state index in [1.807, 2.05) is 0 Å². The Balaban J connectivity index is 2.34. The van der Waals surface area contributed by atoms with Crippen LogP contribution in [0.2, 0.25) is 0 Å². The van der Waals surface area contributed by atoms with Crippen molar-refractivity contribution < 1.29 is 0 Å². The molecule has 0 atom stereocenters. The SMILES string of the molecule is Nc1cc(Br)nc(Sc2nc(N)cc(=O)[nH]2)n1. The number of H-pyrrole nitrogens is 1. The average molecular weight is 315 g/mol. The maximum atomic E-state index is 11.2. The Morgan fingerprint density at radius 3 is 2.53 bits per heavy atom. The normalized spacial score (nSPS) is 10.4. The van der Waals surface area contributed by atoms with E-state index in [4.69, 9.17) is 11.5 Å². The molecule has 0 aromatic carbocycles. The highest BCUT2D eigenvalue weighted by atomic mass is 79.9. The van der Waals surface area contributed by atoms with E-state index in [0.717, 1.165) is 11.8 Å². The lowest BCUT2D eigenvalue weighted by atomic mass is 10.6. The quantitative estimate of drug-likeness (QED) is 0.548. The van der Waals surface area contributed by atoms with Crippen molar-refractivity contribution in [2.75, 3.05) is 11.5 Å². The zero-order valence-electron chi connectivity index (χ0n) is 8.35. The third-order valence-electron chi connectivity index (χ3n) is 1.62. The molecule has 0 spiro atoms. The van der Waals surface area contributed by atoms with Crippen molar-refractivity contribution >= 4 is 39.3 Å². The van der Waals surface area contributed by atoms with Gasteiger partial charge in [0.2, 0.25) is 0 Å². The van der Waals surface area contributed by atoms with E-state index in [0.29, 0.717) is 20.7 Å². The first-order valence-electron chi connectivity index (χ1n) is 4.38. The molecule has 17 heavy (non-hydrogen) atoms. The molecular weight excluding hydrogens is 308 g/mol. The minimum absolute atomic E-state index is 0.138. The van der Waals surface area contributed by atoms with Crippen LogP contribution in [0.3, 0.4) is 0 Å². The molecule has 2 heterocycles. The summed E-state index contributed by atoms with van der Waals surface area (Å²) in [6.07, 6.45) is 0. The molecule has 0 aliphatic heterocycles. The first-order valence-corrected chi connectivity index (χ1v) is 5.98. The van der Waals surface area contributed by atoms with Gasteiger partial charge in [-0.2, -0.15) is 0 Å². The third kappa shape index (κ3) is 3.17. The van der Waals surface area contributed by atoms with Gasteiger partial charge < -0.3 is 16.5 Å². The van der Waals surface area contributed by atoms with Crippen molar-refractivity contribution in [3.05, 3.63) is 27.1 Å². The van der Waals surface area contributed by atoms with Gasteiger partial charge in [0.15, 0.2) is 10.3 Å². The van der Waals surface area contributed by atoms with E-state index in [9.17, 15) is 4.79 Å². The number of nitrogens with one attached hydrogen (secondary N) is 1. The Kier molecular flexibility index (Phi) is 3.29. The van der Waals surface area contributed by atoms with Crippen LogP contribution in [0.1, 0.15) is 0 Å². The Morgan fingerprint density at radius 2 is 1.88 bits per heavy atom. The lowest BCUT2D eigenvalue weighted by Gasteiger charge is -2.01. The number of hydrogen-bond donors (Lipinski definition) is 3. The summed E-state index contributed by atoms with van der Waals surface area (Å²) >= 11 is 4.26. The van der Waals surface area contributed by atoms with Gasteiger partial charge in [0.1, 0.15) is 16.2 Å². The number of nitrogens with zero attached hydrogens (tertiary/aromatic N) is 3. The number of hydrogen-bond acceptors (Lipinski definition) is 7. The molecule has 88 valence electrons. The molecule has 0 amide bonds. The lowest BCUT2D eigenvalue weighted by Crippen LogP contribution is -2.09. The van der Waals surface area contributed by atoms with Crippen molar-refractivity contribution in [1.29, 1.82) is 0 Å². The molecule has 0 fully saturated rings. The molecule has 0 unspecified atom stereocenters. The molecule has 7 nitrogen and oxygen atoms in total. The number of aromatic nitrogens is 4. The molecular formula is C8H7BrN6OS. The van der Waals surface area contributed by atoms with Crippen LogP contribution in [0.25, 0.3) is 0 Å². The molecule has 0 aliphatic carbocycles. The third-order valence-corrected chi connectivity index (χ3v) is 2.78. The van der Waals surface area contributed by atoms with Gasteiger partial charge in [0.25, 0.3) is 5.56 Å².